The molecular weight excluding hydrogens is 2110 g/mol. The van der Waals surface area contributed by atoms with Gasteiger partial charge in [0.2, 0.25) is 50.1 Å². The number of carbonyl (C=O) groups is 5. The van der Waals surface area contributed by atoms with Gasteiger partial charge in [0.15, 0.2) is 0 Å². The van der Waals surface area contributed by atoms with Crippen LogP contribution in [0.25, 0.3) is 0 Å². The van der Waals surface area contributed by atoms with Crippen LogP contribution in [0, 0.1) is 81.0 Å². The Bertz CT molecular complexity index is 5700. The van der Waals surface area contributed by atoms with Crippen molar-refractivity contribution in [3.8, 4) is 0 Å². The van der Waals surface area contributed by atoms with E-state index < -0.39 is 130 Å². The number of sulfonamides is 5. The van der Waals surface area contributed by atoms with Crippen molar-refractivity contribution in [2.45, 2.75) is 219 Å². The number of benzene rings is 5. The van der Waals surface area contributed by atoms with Crippen molar-refractivity contribution in [2.75, 3.05) is 127 Å². The number of halogens is 14. The monoisotopic (exact) mass is 2250 g/mol. The Labute approximate surface area is 863 Å². The van der Waals surface area contributed by atoms with Crippen molar-refractivity contribution in [2.24, 2.45) is 56.7 Å². The number of alkyl halides is 6. The van der Waals surface area contributed by atoms with Gasteiger partial charge in [0.05, 0.1) is 82.8 Å². The van der Waals surface area contributed by atoms with Crippen molar-refractivity contribution in [1.29, 1.82) is 0 Å². The minimum atomic E-state index is -4.70. The third kappa shape index (κ3) is 36.2. The zero-order valence-electron chi connectivity index (χ0n) is 83.9. The van der Waals surface area contributed by atoms with E-state index in [0.717, 1.165) is 98.2 Å². The minimum Gasteiger partial charge on any atom is -0.351 e. The van der Waals surface area contributed by atoms with E-state index in [1.165, 1.54) is 19.0 Å². The van der Waals surface area contributed by atoms with Crippen LogP contribution < -0.4 is 26.6 Å². The summed E-state index contributed by atoms with van der Waals surface area (Å²) in [4.78, 5) is 62.8. The van der Waals surface area contributed by atoms with Crippen molar-refractivity contribution in [1.82, 2.24) is 48.1 Å². The van der Waals surface area contributed by atoms with Gasteiger partial charge in [0.25, 0.3) is 29.5 Å². The zero-order valence-corrected chi connectivity index (χ0v) is 92.6. The lowest BCUT2D eigenvalue weighted by atomic mass is 9.73. The van der Waals surface area contributed by atoms with Gasteiger partial charge >= 0.3 is 12.4 Å². The molecule has 0 unspecified atom stereocenters. The van der Waals surface area contributed by atoms with Crippen LogP contribution in [0.15, 0.2) is 89.4 Å². The molecule has 0 spiro atoms. The van der Waals surface area contributed by atoms with Crippen LogP contribution in [0.3, 0.4) is 0 Å². The molecule has 5 aliphatic rings. The predicted octanol–water partition coefficient (Wildman–Crippen LogP) is 20.6. The van der Waals surface area contributed by atoms with E-state index >= 15 is 0 Å². The molecule has 5 fully saturated rings. The molecule has 0 bridgehead atoms. The predicted molar refractivity (Wildman–Crippen MR) is 547 cm³/mol. The van der Waals surface area contributed by atoms with Crippen LogP contribution in [-0.4, -0.2) is 220 Å². The Morgan fingerprint density at radius 1 is 0.352 bits per heavy atom. The van der Waals surface area contributed by atoms with Gasteiger partial charge in [-0.1, -0.05) is 128 Å². The third-order valence-corrected chi connectivity index (χ3v) is 38.4. The van der Waals surface area contributed by atoms with Crippen molar-refractivity contribution in [3.05, 3.63) is 171 Å². The first kappa shape index (κ1) is 125. The molecule has 5 amide bonds. The summed E-state index contributed by atoms with van der Waals surface area (Å²) in [5.41, 5.74) is -2.78. The number of hydrogen-bond donors (Lipinski definition) is 5. The molecular formula is C98H142BrCl4F9N10O15S5. The highest BCUT2D eigenvalue weighted by molar-refractivity contribution is 9.10. The molecule has 5 aliphatic heterocycles. The molecule has 0 radical (unpaired) electrons. The standard InChI is InChI=1S/C20H31BrN2O3S.C20H28ClF3N2O3S.C20H28F4N2O3S.C19H28Cl2N2O3S.C19H27ClF2N2O3S/c1-5-27(25,26)23-10-8-20(9-11-23,13-15(2)3)14-22-19(24)17-7-6-16(4)12-18(17)21;1-4-30(28,29)26-9-7-19(8-10-26,12-14(2)3)13-25-18(27)16-6-5-15(21)11-17(16)20(22,23)24;1-4-30(28,29)26-9-7-19(8-10-26,12-14(2)3)13-25-18(27)16-6-5-15(11-17(16)21)20(22,23)24;1-4-27(25,26)23-10-8-19(9-11-23,12-14(2)3)13-22-18(24)15-6-5-7-16(20)17(15)21;1-4-28(26,27)24-9-7-19(8-10-24,11-13(2)3)12-23-18(25)16-14(21)5-6-15(22)17(16)20/h6-7,12,15H,5,8-11,13-14H2,1-4H3,(H,22,24);2*5-6,11,14H,4,7-10,12-13H2,1-3H3,(H,25,27);5-7,14H,4,8-13H2,1-3H3,(H,22,24);5-6,13H,4,7-12H2,1-3H3,(H,23,25). The number of rotatable bonds is 35. The fourth-order valence-corrected chi connectivity index (χ4v) is 26.5. The molecule has 5 aromatic carbocycles. The lowest BCUT2D eigenvalue weighted by molar-refractivity contribution is -0.138. The molecule has 25 nitrogen and oxygen atoms in total. The Balaban J connectivity index is 0.000000272. The van der Waals surface area contributed by atoms with Gasteiger partial charge in [-0.15, -0.1) is 0 Å². The summed E-state index contributed by atoms with van der Waals surface area (Å²) in [5, 5.41) is 14.1. The van der Waals surface area contributed by atoms with Crippen molar-refractivity contribution < 1.29 is 106 Å². The first-order chi connectivity index (χ1) is 65.8. The summed E-state index contributed by atoms with van der Waals surface area (Å²) < 4.78 is 249. The fraction of sp³-hybridized carbons (Fsp3) is 0.643. The van der Waals surface area contributed by atoms with E-state index in [4.69, 9.17) is 46.4 Å². The van der Waals surface area contributed by atoms with Gasteiger partial charge in [-0.05, 0) is 289 Å². The second kappa shape index (κ2) is 53.4. The average Bonchev–Trinajstić information content (AvgIpc) is 0.477. The number of aryl methyl sites for hydroxylation is 1. The van der Waals surface area contributed by atoms with Crippen molar-refractivity contribution >= 4 is 142 Å². The largest absolute Gasteiger partial charge is 0.417 e. The minimum absolute atomic E-state index is 0.0219. The Kier molecular flexibility index (Phi) is 46.9. The van der Waals surface area contributed by atoms with Gasteiger partial charge in [0, 0.05) is 108 Å². The van der Waals surface area contributed by atoms with E-state index in [9.17, 15) is 106 Å². The second-order valence-electron chi connectivity index (χ2n) is 40.1. The fourth-order valence-electron chi connectivity index (χ4n) is 19.6. The number of nitrogens with one attached hydrogen (secondary N) is 5. The molecule has 5 aromatic rings. The summed E-state index contributed by atoms with van der Waals surface area (Å²) in [7, 11) is -16.2. The Morgan fingerprint density at radius 3 is 0.937 bits per heavy atom. The lowest BCUT2D eigenvalue weighted by Crippen LogP contribution is -2.48. The molecule has 0 aliphatic carbocycles. The number of carbonyl (C=O) groups excluding carboxylic acids is 5. The number of amides is 5. The maximum atomic E-state index is 14.1. The average molecular weight is 2250 g/mol. The summed E-state index contributed by atoms with van der Waals surface area (Å²) in [5.74, 6) is -3.47. The van der Waals surface area contributed by atoms with E-state index in [1.807, 2.05) is 52.8 Å². The van der Waals surface area contributed by atoms with E-state index in [2.05, 4.69) is 84.1 Å². The third-order valence-electron chi connectivity index (χ3n) is 26.9. The Hall–Kier alpha value is -5.99. The van der Waals surface area contributed by atoms with E-state index in [-0.39, 0.29) is 103 Å². The number of hydrogen-bond acceptors (Lipinski definition) is 15. The van der Waals surface area contributed by atoms with Crippen LogP contribution in [0.2, 0.25) is 20.1 Å². The summed E-state index contributed by atoms with van der Waals surface area (Å²) in [6.07, 6.45) is 1.12. The maximum Gasteiger partial charge on any atom is 0.417 e. The van der Waals surface area contributed by atoms with E-state index in [0.29, 0.717) is 169 Å². The van der Waals surface area contributed by atoms with Gasteiger partial charge in [-0.2, -0.15) is 26.3 Å². The van der Waals surface area contributed by atoms with Gasteiger partial charge in [-0.3, -0.25) is 24.0 Å². The number of nitrogens with zero attached hydrogens (tertiary/aromatic N) is 5. The highest BCUT2D eigenvalue weighted by atomic mass is 79.9. The smallest absolute Gasteiger partial charge is 0.351 e. The topological polar surface area (TPSA) is 332 Å². The molecule has 802 valence electrons. The molecule has 5 heterocycles. The molecule has 5 saturated heterocycles. The van der Waals surface area contributed by atoms with Gasteiger partial charge < -0.3 is 26.6 Å². The molecule has 142 heavy (non-hydrogen) atoms. The normalized spacial score (nSPS) is 17.8. The highest BCUT2D eigenvalue weighted by Crippen LogP contribution is 2.45. The quantitative estimate of drug-likeness (QED) is 0.0186. The molecule has 0 aromatic heterocycles. The summed E-state index contributed by atoms with van der Waals surface area (Å²) in [6, 6.07) is 17.3. The van der Waals surface area contributed by atoms with Crippen LogP contribution in [-0.2, 0) is 62.5 Å². The summed E-state index contributed by atoms with van der Waals surface area (Å²) in [6.45, 7) is 36.9. The summed E-state index contributed by atoms with van der Waals surface area (Å²) >= 11 is 27.1. The van der Waals surface area contributed by atoms with Crippen molar-refractivity contribution in [3.63, 3.8) is 0 Å². The van der Waals surface area contributed by atoms with Crippen LogP contribution >= 0.6 is 62.3 Å². The number of piperidine rings is 5. The molecule has 0 saturated carbocycles. The van der Waals surface area contributed by atoms with Gasteiger partial charge in [0.1, 0.15) is 17.5 Å². The van der Waals surface area contributed by atoms with Crippen LogP contribution in [0.4, 0.5) is 39.5 Å². The molecule has 0 atom stereocenters. The first-order valence-corrected chi connectivity index (χ1v) is 58.5. The van der Waals surface area contributed by atoms with Crippen LogP contribution in [0.5, 0.6) is 0 Å². The van der Waals surface area contributed by atoms with Gasteiger partial charge in [-0.25, -0.2) is 76.8 Å². The van der Waals surface area contributed by atoms with E-state index in [1.54, 1.807) is 61.4 Å². The highest BCUT2D eigenvalue weighted by Gasteiger charge is 2.46. The second-order valence-corrected chi connectivity index (χ2v) is 53.8. The molecule has 10 rings (SSSR count). The SMILES string of the molecule is CCS(=O)(=O)N1CCC(CNC(=O)c2c(F)ccc(F)c2Cl)(CC(C)C)CC1.CCS(=O)(=O)N1CCC(CNC(=O)c2ccc(C(F)(F)F)cc2F)(CC(C)C)CC1.CCS(=O)(=O)N1CCC(CNC(=O)c2ccc(C)cc2Br)(CC(C)C)CC1.CCS(=O)(=O)N1CCC(CNC(=O)c2ccc(Cl)cc2C(F)(F)F)(CC(C)C)CC1.CCS(=O)(=O)N1CCC(CNC(=O)c2cccc(Cl)c2Cl)(CC(C)C)CC1. The lowest BCUT2D eigenvalue weighted by Gasteiger charge is -2.42. The first-order valence-electron chi connectivity index (χ1n) is 48.2. The Morgan fingerprint density at radius 2 is 0.641 bits per heavy atom. The zero-order chi connectivity index (χ0) is 107. The van der Waals surface area contributed by atoms with Crippen LogP contribution in [0.1, 0.15) is 269 Å². The molecule has 5 N–H and O–H groups in total. The maximum absolute atomic E-state index is 14.1. The molecule has 44 heteroatoms.